The third-order valence-electron chi connectivity index (χ3n) is 3.88. The predicted octanol–water partition coefficient (Wildman–Crippen LogP) is 4.02. The first-order valence-corrected chi connectivity index (χ1v) is 7.18. The Morgan fingerprint density at radius 3 is 2.90 bits per heavy atom. The van der Waals surface area contributed by atoms with Crippen molar-refractivity contribution in [1.82, 2.24) is 0 Å². The molecular weight excluding hydrogens is 248 g/mol. The van der Waals surface area contributed by atoms with Crippen molar-refractivity contribution < 1.29 is 9.53 Å². The smallest absolute Gasteiger partial charge is 0.313 e. The molecule has 0 aromatic heterocycles. The van der Waals surface area contributed by atoms with E-state index in [9.17, 15) is 4.79 Å². The summed E-state index contributed by atoms with van der Waals surface area (Å²) in [6.45, 7) is 4.19. The van der Waals surface area contributed by atoms with Gasteiger partial charge in [0.1, 0.15) is 0 Å². The number of allylic oxidation sites excluding steroid dienone is 3. The number of benzene rings is 1. The highest BCUT2D eigenvalue weighted by Gasteiger charge is 2.28. The standard InChI is InChI=1S/C18H22O2/c1-4-5-9-17(18(19)20-3)15-11-13(2)16-10-7-6-8-14(16)12-15/h5-11,15,17H,4,12H2,1-3H3/b9-5+/t15-,17-/m0/s1. The molecule has 2 atom stereocenters. The zero-order valence-electron chi connectivity index (χ0n) is 12.4. The van der Waals surface area contributed by atoms with Gasteiger partial charge in [-0.1, -0.05) is 49.4 Å². The van der Waals surface area contributed by atoms with Crippen molar-refractivity contribution >= 4 is 11.5 Å². The fourth-order valence-corrected chi connectivity index (χ4v) is 2.85. The summed E-state index contributed by atoms with van der Waals surface area (Å²) in [6, 6.07) is 8.41. The average molecular weight is 270 g/mol. The van der Waals surface area contributed by atoms with Crippen LogP contribution in [0, 0.1) is 11.8 Å². The Balaban J connectivity index is 2.31. The predicted molar refractivity (Wildman–Crippen MR) is 82.2 cm³/mol. The molecule has 20 heavy (non-hydrogen) atoms. The van der Waals surface area contributed by atoms with Crippen LogP contribution in [-0.4, -0.2) is 13.1 Å². The summed E-state index contributed by atoms with van der Waals surface area (Å²) >= 11 is 0. The first kappa shape index (κ1) is 14.6. The van der Waals surface area contributed by atoms with Crippen LogP contribution in [0.15, 0.2) is 42.5 Å². The second-order valence-electron chi connectivity index (χ2n) is 5.26. The van der Waals surface area contributed by atoms with Crippen LogP contribution in [0.4, 0.5) is 0 Å². The largest absolute Gasteiger partial charge is 0.469 e. The first-order valence-electron chi connectivity index (χ1n) is 7.18. The van der Waals surface area contributed by atoms with Crippen molar-refractivity contribution in [3.8, 4) is 0 Å². The van der Waals surface area contributed by atoms with E-state index in [-0.39, 0.29) is 17.8 Å². The lowest BCUT2D eigenvalue weighted by Gasteiger charge is -2.26. The lowest BCUT2D eigenvalue weighted by molar-refractivity contribution is -0.144. The van der Waals surface area contributed by atoms with E-state index >= 15 is 0 Å². The molecule has 2 heteroatoms. The van der Waals surface area contributed by atoms with E-state index < -0.39 is 0 Å². The number of methoxy groups -OCH3 is 1. The highest BCUT2D eigenvalue weighted by molar-refractivity contribution is 5.77. The van der Waals surface area contributed by atoms with Gasteiger partial charge in [-0.3, -0.25) is 4.79 Å². The minimum absolute atomic E-state index is 0.150. The number of carbonyl (C=O) groups excluding carboxylic acids is 1. The normalized spacial score (nSPS) is 19.4. The van der Waals surface area contributed by atoms with Crippen molar-refractivity contribution in [2.75, 3.05) is 7.11 Å². The molecule has 1 aromatic carbocycles. The Bertz CT molecular complexity index is 540. The summed E-state index contributed by atoms with van der Waals surface area (Å²) in [7, 11) is 1.46. The van der Waals surface area contributed by atoms with Crippen LogP contribution in [0.3, 0.4) is 0 Å². The van der Waals surface area contributed by atoms with E-state index in [0.717, 1.165) is 12.8 Å². The van der Waals surface area contributed by atoms with E-state index in [1.807, 2.05) is 12.2 Å². The van der Waals surface area contributed by atoms with Gasteiger partial charge in [0.2, 0.25) is 0 Å². The fraction of sp³-hybridized carbons (Fsp3) is 0.389. The topological polar surface area (TPSA) is 26.3 Å². The number of ether oxygens (including phenoxy) is 1. The van der Waals surface area contributed by atoms with Gasteiger partial charge < -0.3 is 4.74 Å². The molecule has 2 rings (SSSR count). The van der Waals surface area contributed by atoms with E-state index in [1.54, 1.807) is 0 Å². The van der Waals surface area contributed by atoms with Gasteiger partial charge in [-0.05, 0) is 42.4 Å². The monoisotopic (exact) mass is 270 g/mol. The van der Waals surface area contributed by atoms with Gasteiger partial charge in [-0.15, -0.1) is 0 Å². The molecule has 1 aromatic rings. The van der Waals surface area contributed by atoms with Gasteiger partial charge in [0.25, 0.3) is 0 Å². The maximum atomic E-state index is 12.0. The average Bonchev–Trinajstić information content (AvgIpc) is 2.47. The number of esters is 1. The van der Waals surface area contributed by atoms with Crippen LogP contribution in [0.1, 0.15) is 31.4 Å². The molecule has 106 valence electrons. The van der Waals surface area contributed by atoms with E-state index in [0.29, 0.717) is 0 Å². The Morgan fingerprint density at radius 1 is 1.45 bits per heavy atom. The fourth-order valence-electron chi connectivity index (χ4n) is 2.85. The first-order chi connectivity index (χ1) is 9.67. The van der Waals surface area contributed by atoms with Crippen molar-refractivity contribution in [2.45, 2.75) is 26.7 Å². The molecule has 0 spiro atoms. The molecular formula is C18H22O2. The lowest BCUT2D eigenvalue weighted by atomic mass is 9.78. The van der Waals surface area contributed by atoms with Crippen LogP contribution < -0.4 is 0 Å². The minimum Gasteiger partial charge on any atom is -0.469 e. The molecule has 2 nitrogen and oxygen atoms in total. The SMILES string of the molecule is CC/C=C/[C@H](C(=O)OC)[C@H]1C=C(C)c2ccccc2C1. The van der Waals surface area contributed by atoms with Crippen LogP contribution in [0.2, 0.25) is 0 Å². The molecule has 1 aliphatic rings. The summed E-state index contributed by atoms with van der Waals surface area (Å²) in [6.07, 6.45) is 8.07. The second-order valence-corrected chi connectivity index (χ2v) is 5.26. The zero-order chi connectivity index (χ0) is 14.5. The molecule has 0 amide bonds. The molecule has 0 fully saturated rings. The van der Waals surface area contributed by atoms with Gasteiger partial charge >= 0.3 is 5.97 Å². The third-order valence-corrected chi connectivity index (χ3v) is 3.88. The number of carbonyl (C=O) groups is 1. The van der Waals surface area contributed by atoms with Crippen LogP contribution in [0.25, 0.3) is 5.57 Å². The zero-order valence-corrected chi connectivity index (χ0v) is 12.4. The van der Waals surface area contributed by atoms with Gasteiger partial charge in [0, 0.05) is 0 Å². The van der Waals surface area contributed by atoms with Crippen molar-refractivity contribution in [2.24, 2.45) is 11.8 Å². The molecule has 0 radical (unpaired) electrons. The Hall–Kier alpha value is -1.83. The van der Waals surface area contributed by atoms with Gasteiger partial charge in [-0.25, -0.2) is 0 Å². The lowest BCUT2D eigenvalue weighted by Crippen LogP contribution is -2.26. The summed E-state index contributed by atoms with van der Waals surface area (Å²) in [5.41, 5.74) is 3.86. The van der Waals surface area contributed by atoms with Gasteiger partial charge in [0.15, 0.2) is 0 Å². The van der Waals surface area contributed by atoms with Gasteiger partial charge in [0.05, 0.1) is 13.0 Å². The van der Waals surface area contributed by atoms with Crippen molar-refractivity contribution in [3.05, 3.63) is 53.6 Å². The van der Waals surface area contributed by atoms with E-state index in [4.69, 9.17) is 4.74 Å². The molecule has 0 heterocycles. The van der Waals surface area contributed by atoms with Crippen LogP contribution in [0.5, 0.6) is 0 Å². The Kier molecular flexibility index (Phi) is 4.78. The summed E-state index contributed by atoms with van der Waals surface area (Å²) in [4.78, 5) is 12.0. The number of rotatable bonds is 4. The maximum Gasteiger partial charge on any atom is 0.313 e. The molecule has 0 saturated heterocycles. The van der Waals surface area contributed by atoms with E-state index in [2.05, 4.69) is 44.2 Å². The molecule has 1 aliphatic carbocycles. The second kappa shape index (κ2) is 6.56. The van der Waals surface area contributed by atoms with Crippen molar-refractivity contribution in [3.63, 3.8) is 0 Å². The maximum absolute atomic E-state index is 12.0. The third kappa shape index (κ3) is 3.01. The Labute approximate surface area is 121 Å². The molecule has 0 unspecified atom stereocenters. The summed E-state index contributed by atoms with van der Waals surface area (Å²) < 4.78 is 4.97. The molecule has 0 bridgehead atoms. The summed E-state index contributed by atoms with van der Waals surface area (Å²) in [5, 5.41) is 0. The number of hydrogen-bond donors (Lipinski definition) is 0. The highest BCUT2D eigenvalue weighted by atomic mass is 16.5. The number of fused-ring (bicyclic) bond motifs is 1. The number of hydrogen-bond acceptors (Lipinski definition) is 2. The molecule has 0 saturated carbocycles. The molecule has 0 aliphatic heterocycles. The quantitative estimate of drug-likeness (QED) is 0.610. The van der Waals surface area contributed by atoms with Crippen molar-refractivity contribution in [1.29, 1.82) is 0 Å². The minimum atomic E-state index is -0.191. The van der Waals surface area contributed by atoms with Crippen LogP contribution in [-0.2, 0) is 16.0 Å². The van der Waals surface area contributed by atoms with E-state index in [1.165, 1.54) is 23.8 Å². The summed E-state index contributed by atoms with van der Waals surface area (Å²) in [5.74, 6) is -0.161. The highest BCUT2D eigenvalue weighted by Crippen LogP contribution is 2.33. The Morgan fingerprint density at radius 2 is 2.20 bits per heavy atom. The molecule has 0 N–H and O–H groups in total. The van der Waals surface area contributed by atoms with Gasteiger partial charge in [-0.2, -0.15) is 0 Å². The van der Waals surface area contributed by atoms with Crippen LogP contribution >= 0.6 is 0 Å².